The Morgan fingerprint density at radius 1 is 1.30 bits per heavy atom. The number of hydrogen-bond donors (Lipinski definition) is 2. The lowest BCUT2D eigenvalue weighted by atomic mass is 10.1. The molecule has 2 N–H and O–H groups in total. The second-order valence-corrected chi connectivity index (χ2v) is 4.83. The summed E-state index contributed by atoms with van der Waals surface area (Å²) in [5.41, 5.74) is 1.62. The molecular formula is C14H21N3O3. The second-order valence-electron chi connectivity index (χ2n) is 4.83. The number of carboxylic acid groups (broad SMARTS) is 1. The Labute approximate surface area is 118 Å². The van der Waals surface area contributed by atoms with E-state index in [1.165, 1.54) is 6.33 Å². The van der Waals surface area contributed by atoms with Gasteiger partial charge in [-0.3, -0.25) is 9.59 Å². The van der Waals surface area contributed by atoms with Gasteiger partial charge in [0.05, 0.1) is 23.4 Å². The molecule has 0 aromatic carbocycles. The monoisotopic (exact) mass is 279 g/mol. The summed E-state index contributed by atoms with van der Waals surface area (Å²) in [7, 11) is 0. The molecule has 6 heteroatoms. The van der Waals surface area contributed by atoms with Gasteiger partial charge in [0.25, 0.3) is 5.91 Å². The molecule has 1 rings (SSSR count). The van der Waals surface area contributed by atoms with E-state index >= 15 is 0 Å². The van der Waals surface area contributed by atoms with Gasteiger partial charge in [0, 0.05) is 6.04 Å². The van der Waals surface area contributed by atoms with Gasteiger partial charge in [-0.2, -0.15) is 0 Å². The van der Waals surface area contributed by atoms with Gasteiger partial charge in [-0.1, -0.05) is 19.8 Å². The molecule has 0 aliphatic heterocycles. The molecule has 110 valence electrons. The maximum atomic E-state index is 12.3. The minimum absolute atomic E-state index is 0.0719. The molecule has 20 heavy (non-hydrogen) atoms. The van der Waals surface area contributed by atoms with Crippen LogP contribution in [-0.2, 0) is 4.79 Å². The standard InChI is InChI=1S/C14H21N3O3/c1-4-5-6-11(7-12(18)19)17-14(20)13-9(2)15-8-16-10(13)3/h8,11H,4-7H2,1-3H3,(H,17,20)(H,18,19)/t11-/m0/s1. The minimum Gasteiger partial charge on any atom is -0.481 e. The Balaban J connectivity index is 2.81. The number of rotatable bonds is 7. The second kappa shape index (κ2) is 7.57. The number of aryl methyl sites for hydroxylation is 2. The molecule has 0 unspecified atom stereocenters. The third kappa shape index (κ3) is 4.60. The fourth-order valence-corrected chi connectivity index (χ4v) is 2.07. The first-order valence-electron chi connectivity index (χ1n) is 6.76. The zero-order valence-corrected chi connectivity index (χ0v) is 12.1. The van der Waals surface area contributed by atoms with Crippen molar-refractivity contribution in [2.45, 2.75) is 52.5 Å². The minimum atomic E-state index is -0.913. The van der Waals surface area contributed by atoms with E-state index < -0.39 is 5.97 Å². The highest BCUT2D eigenvalue weighted by atomic mass is 16.4. The summed E-state index contributed by atoms with van der Waals surface area (Å²) < 4.78 is 0. The predicted octanol–water partition coefficient (Wildman–Crippen LogP) is 1.86. The number of unbranched alkanes of at least 4 members (excludes halogenated alkanes) is 1. The number of aliphatic carboxylic acids is 1. The van der Waals surface area contributed by atoms with Gasteiger partial charge in [0.2, 0.25) is 0 Å². The average Bonchev–Trinajstić information content (AvgIpc) is 2.35. The van der Waals surface area contributed by atoms with Crippen LogP contribution in [0.2, 0.25) is 0 Å². The van der Waals surface area contributed by atoms with Crippen molar-refractivity contribution in [2.24, 2.45) is 0 Å². The van der Waals surface area contributed by atoms with Gasteiger partial charge >= 0.3 is 5.97 Å². The normalized spacial score (nSPS) is 11.9. The van der Waals surface area contributed by atoms with Crippen LogP contribution in [-0.4, -0.2) is 33.0 Å². The van der Waals surface area contributed by atoms with Crippen LogP contribution in [0.4, 0.5) is 0 Å². The van der Waals surface area contributed by atoms with Crippen molar-refractivity contribution in [1.29, 1.82) is 0 Å². The maximum Gasteiger partial charge on any atom is 0.305 e. The number of carbonyl (C=O) groups is 2. The van der Waals surface area contributed by atoms with Crippen LogP contribution in [0.25, 0.3) is 0 Å². The molecule has 1 atom stereocenters. The summed E-state index contributed by atoms with van der Waals surface area (Å²) in [5.74, 6) is -1.22. The molecule has 0 fully saturated rings. The summed E-state index contributed by atoms with van der Waals surface area (Å²) in [6.07, 6.45) is 3.82. The van der Waals surface area contributed by atoms with E-state index in [-0.39, 0.29) is 18.4 Å². The van der Waals surface area contributed by atoms with Crippen molar-refractivity contribution in [1.82, 2.24) is 15.3 Å². The van der Waals surface area contributed by atoms with E-state index in [0.717, 1.165) is 12.8 Å². The molecule has 0 aliphatic carbocycles. The third-order valence-corrected chi connectivity index (χ3v) is 3.12. The van der Waals surface area contributed by atoms with Gasteiger partial charge in [0.1, 0.15) is 6.33 Å². The van der Waals surface area contributed by atoms with Gasteiger partial charge in [-0.25, -0.2) is 9.97 Å². The quantitative estimate of drug-likeness (QED) is 0.794. The number of aromatic nitrogens is 2. The molecule has 6 nitrogen and oxygen atoms in total. The van der Waals surface area contributed by atoms with E-state index in [2.05, 4.69) is 15.3 Å². The molecule has 0 spiro atoms. The molecule has 1 aromatic heterocycles. The van der Waals surface area contributed by atoms with Crippen LogP contribution in [0.15, 0.2) is 6.33 Å². The van der Waals surface area contributed by atoms with Gasteiger partial charge in [0.15, 0.2) is 0 Å². The number of nitrogens with zero attached hydrogens (tertiary/aromatic N) is 2. The van der Waals surface area contributed by atoms with Crippen LogP contribution in [0, 0.1) is 13.8 Å². The zero-order valence-electron chi connectivity index (χ0n) is 12.1. The highest BCUT2D eigenvalue weighted by molar-refractivity contribution is 5.96. The van der Waals surface area contributed by atoms with Crippen molar-refractivity contribution in [3.63, 3.8) is 0 Å². The topological polar surface area (TPSA) is 92.2 Å². The molecule has 0 bridgehead atoms. The molecule has 0 saturated carbocycles. The van der Waals surface area contributed by atoms with Crippen LogP contribution in [0.5, 0.6) is 0 Å². The molecule has 0 saturated heterocycles. The van der Waals surface area contributed by atoms with Crippen LogP contribution < -0.4 is 5.32 Å². The first-order valence-corrected chi connectivity index (χ1v) is 6.76. The fourth-order valence-electron chi connectivity index (χ4n) is 2.07. The van der Waals surface area contributed by atoms with Crippen molar-refractivity contribution in [3.05, 3.63) is 23.3 Å². The summed E-state index contributed by atoms with van der Waals surface area (Å²) in [6.45, 7) is 5.50. The SMILES string of the molecule is CCCC[C@@H](CC(=O)O)NC(=O)c1c(C)ncnc1C. The summed E-state index contributed by atoms with van der Waals surface area (Å²) in [5, 5.41) is 11.7. The van der Waals surface area contributed by atoms with E-state index in [9.17, 15) is 9.59 Å². The number of nitrogens with one attached hydrogen (secondary N) is 1. The maximum absolute atomic E-state index is 12.3. The Hall–Kier alpha value is -1.98. The first-order chi connectivity index (χ1) is 9.45. The highest BCUT2D eigenvalue weighted by Crippen LogP contribution is 2.11. The Kier molecular flexibility index (Phi) is 6.09. The number of carbonyl (C=O) groups excluding carboxylic acids is 1. The zero-order chi connectivity index (χ0) is 15.1. The predicted molar refractivity (Wildman–Crippen MR) is 74.5 cm³/mol. The summed E-state index contributed by atoms with van der Waals surface area (Å²) >= 11 is 0. The molecule has 1 amide bonds. The highest BCUT2D eigenvalue weighted by Gasteiger charge is 2.19. The summed E-state index contributed by atoms with van der Waals surface area (Å²) in [4.78, 5) is 31.1. The Morgan fingerprint density at radius 3 is 2.40 bits per heavy atom. The van der Waals surface area contributed by atoms with E-state index in [1.807, 2.05) is 6.92 Å². The lowest BCUT2D eigenvalue weighted by molar-refractivity contribution is -0.137. The number of carboxylic acids is 1. The summed E-state index contributed by atoms with van der Waals surface area (Å²) in [6, 6.07) is -0.362. The fraction of sp³-hybridized carbons (Fsp3) is 0.571. The van der Waals surface area contributed by atoms with Gasteiger partial charge in [-0.15, -0.1) is 0 Å². The van der Waals surface area contributed by atoms with Crippen LogP contribution >= 0.6 is 0 Å². The van der Waals surface area contributed by atoms with Gasteiger partial charge in [-0.05, 0) is 20.3 Å². The first kappa shape index (κ1) is 16.1. The third-order valence-electron chi connectivity index (χ3n) is 3.12. The lowest BCUT2D eigenvalue weighted by Gasteiger charge is -2.17. The van der Waals surface area contributed by atoms with Gasteiger partial charge < -0.3 is 10.4 Å². The van der Waals surface area contributed by atoms with Crippen LogP contribution in [0.1, 0.15) is 54.4 Å². The average molecular weight is 279 g/mol. The molecule has 1 heterocycles. The number of amides is 1. The number of hydrogen-bond acceptors (Lipinski definition) is 4. The van der Waals surface area contributed by atoms with E-state index in [4.69, 9.17) is 5.11 Å². The lowest BCUT2D eigenvalue weighted by Crippen LogP contribution is -2.37. The van der Waals surface area contributed by atoms with Crippen molar-refractivity contribution >= 4 is 11.9 Å². The molecule has 0 radical (unpaired) electrons. The Bertz CT molecular complexity index is 468. The Morgan fingerprint density at radius 2 is 1.90 bits per heavy atom. The van der Waals surface area contributed by atoms with Crippen molar-refractivity contribution < 1.29 is 14.7 Å². The van der Waals surface area contributed by atoms with Crippen molar-refractivity contribution in [3.8, 4) is 0 Å². The molecule has 1 aromatic rings. The smallest absolute Gasteiger partial charge is 0.305 e. The molecular weight excluding hydrogens is 258 g/mol. The largest absolute Gasteiger partial charge is 0.481 e. The van der Waals surface area contributed by atoms with E-state index in [0.29, 0.717) is 23.4 Å². The molecule has 0 aliphatic rings. The van der Waals surface area contributed by atoms with Crippen molar-refractivity contribution in [2.75, 3.05) is 0 Å². The van der Waals surface area contributed by atoms with E-state index in [1.54, 1.807) is 13.8 Å². The van der Waals surface area contributed by atoms with Crippen LogP contribution in [0.3, 0.4) is 0 Å².